The third kappa shape index (κ3) is 2.58. The smallest absolute Gasteiger partial charge is 0.310 e. The van der Waals surface area contributed by atoms with Gasteiger partial charge in [0, 0.05) is 17.3 Å². The third-order valence-electron chi connectivity index (χ3n) is 6.48. The lowest BCUT2D eigenvalue weighted by molar-refractivity contribution is -0.146. The van der Waals surface area contributed by atoms with Crippen LogP contribution >= 0.6 is 11.6 Å². The van der Waals surface area contributed by atoms with Crippen LogP contribution in [0.3, 0.4) is 0 Å². The van der Waals surface area contributed by atoms with Gasteiger partial charge in [-0.05, 0) is 65.7 Å². The van der Waals surface area contributed by atoms with E-state index in [0.29, 0.717) is 12.3 Å². The summed E-state index contributed by atoms with van der Waals surface area (Å²) in [6, 6.07) is 0. The Kier molecular flexibility index (Phi) is 4.49. The molecule has 0 N–H and O–H groups in total. The lowest BCUT2D eigenvalue weighted by atomic mass is 9.66. The first-order valence-electron chi connectivity index (χ1n) is 9.11. The van der Waals surface area contributed by atoms with Gasteiger partial charge in [-0.1, -0.05) is 41.3 Å². The Morgan fingerprint density at radius 3 is 2.67 bits per heavy atom. The molecule has 1 spiro atoms. The van der Waals surface area contributed by atoms with Gasteiger partial charge in [-0.2, -0.15) is 0 Å². The van der Waals surface area contributed by atoms with E-state index in [1.807, 2.05) is 0 Å². The Morgan fingerprint density at radius 2 is 2.04 bits per heavy atom. The number of allylic oxidation sites excluding steroid dienone is 6. The van der Waals surface area contributed by atoms with E-state index in [2.05, 4.69) is 40.7 Å². The van der Waals surface area contributed by atoms with Crippen molar-refractivity contribution in [2.75, 3.05) is 0 Å². The van der Waals surface area contributed by atoms with Gasteiger partial charge in [0.15, 0.2) is 0 Å². The standard InChI is InChI=1S/C21H29ClO2/c1-13(2)7-6-9-20(5)16-11-15(14(3)4)12-21(16)10-8-17(23)24-19(21)18(20)22/h7,16H,6,8-12H2,1-5H3/t16-,20-,21-/m1/s1. The topological polar surface area (TPSA) is 26.3 Å². The van der Waals surface area contributed by atoms with Crippen LogP contribution in [0.15, 0.2) is 33.6 Å². The Balaban J connectivity index is 2.03. The minimum Gasteiger partial charge on any atom is -0.429 e. The van der Waals surface area contributed by atoms with E-state index in [4.69, 9.17) is 16.3 Å². The maximum Gasteiger partial charge on any atom is 0.310 e. The van der Waals surface area contributed by atoms with E-state index in [0.717, 1.165) is 42.9 Å². The van der Waals surface area contributed by atoms with Crippen molar-refractivity contribution in [1.82, 2.24) is 0 Å². The number of rotatable bonds is 3. The fraction of sp³-hybridized carbons (Fsp3) is 0.667. The fourth-order valence-electron chi connectivity index (χ4n) is 5.06. The van der Waals surface area contributed by atoms with E-state index in [1.165, 1.54) is 16.7 Å². The quantitative estimate of drug-likeness (QED) is 0.443. The van der Waals surface area contributed by atoms with Gasteiger partial charge in [-0.15, -0.1) is 0 Å². The summed E-state index contributed by atoms with van der Waals surface area (Å²) in [6.45, 7) is 11.0. The maximum atomic E-state index is 11.9. The second-order valence-corrected chi connectivity index (χ2v) is 8.93. The fourth-order valence-corrected chi connectivity index (χ4v) is 5.51. The zero-order chi connectivity index (χ0) is 17.7. The summed E-state index contributed by atoms with van der Waals surface area (Å²) in [6.07, 6.45) is 7.83. The van der Waals surface area contributed by atoms with E-state index >= 15 is 0 Å². The molecule has 3 heteroatoms. The number of ether oxygens (including phenoxy) is 1. The molecule has 132 valence electrons. The zero-order valence-corrected chi connectivity index (χ0v) is 16.3. The summed E-state index contributed by atoms with van der Waals surface area (Å²) in [5.41, 5.74) is 4.16. The van der Waals surface area contributed by atoms with Gasteiger partial charge in [0.2, 0.25) is 0 Å². The molecule has 24 heavy (non-hydrogen) atoms. The molecular weight excluding hydrogens is 320 g/mol. The second-order valence-electron chi connectivity index (χ2n) is 8.55. The average molecular weight is 349 g/mol. The summed E-state index contributed by atoms with van der Waals surface area (Å²) in [5, 5.41) is 0.815. The van der Waals surface area contributed by atoms with Gasteiger partial charge < -0.3 is 4.74 Å². The van der Waals surface area contributed by atoms with Crippen LogP contribution in [-0.4, -0.2) is 5.97 Å². The monoisotopic (exact) mass is 348 g/mol. The Morgan fingerprint density at radius 1 is 1.33 bits per heavy atom. The molecule has 0 aromatic rings. The third-order valence-corrected chi connectivity index (χ3v) is 7.09. The molecular formula is C21H29ClO2. The van der Waals surface area contributed by atoms with Crippen LogP contribution < -0.4 is 0 Å². The molecule has 0 amide bonds. The number of esters is 1. The van der Waals surface area contributed by atoms with E-state index < -0.39 is 0 Å². The van der Waals surface area contributed by atoms with Gasteiger partial charge in [0.1, 0.15) is 5.76 Å². The first kappa shape index (κ1) is 17.8. The SMILES string of the molecule is CC(C)=CCC[C@@]1(C)C(Cl)=C2OC(=O)CC[C@]23CC(=C(C)C)C[C@@H]31. The summed E-state index contributed by atoms with van der Waals surface area (Å²) in [4.78, 5) is 11.9. The first-order valence-corrected chi connectivity index (χ1v) is 9.48. The summed E-state index contributed by atoms with van der Waals surface area (Å²) in [7, 11) is 0. The largest absolute Gasteiger partial charge is 0.429 e. The normalized spacial score (nSPS) is 34.8. The molecule has 2 fully saturated rings. The van der Waals surface area contributed by atoms with Gasteiger partial charge in [-0.25, -0.2) is 0 Å². The van der Waals surface area contributed by atoms with Gasteiger partial charge in [0.05, 0.1) is 5.03 Å². The van der Waals surface area contributed by atoms with Crippen LogP contribution in [0.4, 0.5) is 0 Å². The Hall–Kier alpha value is -1.02. The minimum atomic E-state index is -0.119. The highest BCUT2D eigenvalue weighted by atomic mass is 35.5. The Bertz CT molecular complexity index is 661. The molecule has 0 unspecified atom stereocenters. The van der Waals surface area contributed by atoms with Gasteiger partial charge in [-0.3, -0.25) is 4.79 Å². The van der Waals surface area contributed by atoms with Gasteiger partial charge in [0.25, 0.3) is 0 Å². The molecule has 3 rings (SSSR count). The highest BCUT2D eigenvalue weighted by molar-refractivity contribution is 6.31. The maximum absolute atomic E-state index is 11.9. The molecule has 2 nitrogen and oxygen atoms in total. The van der Waals surface area contributed by atoms with Crippen molar-refractivity contribution >= 4 is 17.6 Å². The van der Waals surface area contributed by atoms with Crippen LogP contribution in [0.2, 0.25) is 0 Å². The van der Waals surface area contributed by atoms with Crippen LogP contribution in [0.25, 0.3) is 0 Å². The molecule has 1 aliphatic heterocycles. The van der Waals surface area contributed by atoms with Crippen molar-refractivity contribution in [2.24, 2.45) is 16.7 Å². The second kappa shape index (κ2) is 6.05. The van der Waals surface area contributed by atoms with Crippen molar-refractivity contribution in [3.05, 3.63) is 33.6 Å². The van der Waals surface area contributed by atoms with Crippen LogP contribution in [-0.2, 0) is 9.53 Å². The molecule has 1 heterocycles. The molecule has 3 atom stereocenters. The molecule has 3 aliphatic rings. The summed E-state index contributed by atoms with van der Waals surface area (Å²) >= 11 is 6.86. The van der Waals surface area contributed by atoms with E-state index in [-0.39, 0.29) is 16.8 Å². The molecule has 0 aromatic carbocycles. The van der Waals surface area contributed by atoms with E-state index in [9.17, 15) is 4.79 Å². The number of hydrogen-bond acceptors (Lipinski definition) is 2. The predicted octanol–water partition coefficient (Wildman–Crippen LogP) is 6.27. The van der Waals surface area contributed by atoms with Gasteiger partial charge >= 0.3 is 5.97 Å². The summed E-state index contributed by atoms with van der Waals surface area (Å²) in [5.74, 6) is 1.14. The van der Waals surface area contributed by atoms with Crippen molar-refractivity contribution in [1.29, 1.82) is 0 Å². The van der Waals surface area contributed by atoms with Crippen molar-refractivity contribution in [3.63, 3.8) is 0 Å². The highest BCUT2D eigenvalue weighted by Crippen LogP contribution is 2.71. The van der Waals surface area contributed by atoms with Crippen molar-refractivity contribution in [3.8, 4) is 0 Å². The predicted molar refractivity (Wildman–Crippen MR) is 98.5 cm³/mol. The average Bonchev–Trinajstić information content (AvgIpc) is 2.96. The van der Waals surface area contributed by atoms with Crippen molar-refractivity contribution in [2.45, 2.75) is 73.1 Å². The number of hydrogen-bond donors (Lipinski definition) is 0. The lowest BCUT2D eigenvalue weighted by Crippen LogP contribution is -2.35. The first-order chi connectivity index (χ1) is 11.2. The molecule has 0 bridgehead atoms. The lowest BCUT2D eigenvalue weighted by Gasteiger charge is -2.39. The summed E-state index contributed by atoms with van der Waals surface area (Å²) < 4.78 is 5.75. The number of carbonyl (C=O) groups is 1. The zero-order valence-electron chi connectivity index (χ0n) is 15.6. The molecule has 1 saturated heterocycles. The minimum absolute atomic E-state index is 0.0443. The van der Waals surface area contributed by atoms with Crippen molar-refractivity contribution < 1.29 is 9.53 Å². The van der Waals surface area contributed by atoms with E-state index in [1.54, 1.807) is 0 Å². The molecule has 0 radical (unpaired) electrons. The van der Waals surface area contributed by atoms with Crippen LogP contribution in [0, 0.1) is 16.7 Å². The van der Waals surface area contributed by atoms with Crippen LogP contribution in [0.5, 0.6) is 0 Å². The Labute approximate surface area is 151 Å². The number of carbonyl (C=O) groups excluding carboxylic acids is 1. The number of halogens is 1. The molecule has 1 saturated carbocycles. The molecule has 0 aromatic heterocycles. The highest BCUT2D eigenvalue weighted by Gasteiger charge is 2.64. The van der Waals surface area contributed by atoms with Crippen LogP contribution in [0.1, 0.15) is 73.1 Å². The molecule has 2 aliphatic carbocycles.